The van der Waals surface area contributed by atoms with Gasteiger partial charge >= 0.3 is 5.97 Å². The molecule has 1 aromatic rings. The lowest BCUT2D eigenvalue weighted by molar-refractivity contribution is -0.0788. The first kappa shape index (κ1) is 13.4. The van der Waals surface area contributed by atoms with E-state index < -0.39 is 12.1 Å². The number of furan rings is 1. The molecule has 1 aromatic heterocycles. The lowest BCUT2D eigenvalue weighted by Gasteiger charge is -2.57. The topological polar surface area (TPSA) is 70.7 Å². The molecule has 0 aromatic carbocycles. The van der Waals surface area contributed by atoms with Crippen LogP contribution < -0.4 is 0 Å². The molecule has 4 bridgehead atoms. The van der Waals surface area contributed by atoms with Crippen LogP contribution in [0.2, 0.25) is 0 Å². The van der Waals surface area contributed by atoms with Gasteiger partial charge in [0.2, 0.25) is 5.76 Å². The Balaban J connectivity index is 1.51. The van der Waals surface area contributed by atoms with Crippen molar-refractivity contribution in [1.82, 2.24) is 0 Å². The van der Waals surface area contributed by atoms with Crippen LogP contribution in [0.4, 0.5) is 0 Å². The van der Waals surface area contributed by atoms with Gasteiger partial charge in [-0.2, -0.15) is 0 Å². The Bertz CT molecular complexity index is 524. The van der Waals surface area contributed by atoms with Crippen LogP contribution in [0.3, 0.4) is 0 Å². The summed E-state index contributed by atoms with van der Waals surface area (Å²) < 4.78 is 5.27. The van der Waals surface area contributed by atoms with Gasteiger partial charge < -0.3 is 14.6 Å². The maximum atomic E-state index is 10.9. The summed E-state index contributed by atoms with van der Waals surface area (Å²) in [7, 11) is 0. The summed E-state index contributed by atoms with van der Waals surface area (Å²) in [6.07, 6.45) is 7.93. The molecule has 2 N–H and O–H groups in total. The lowest BCUT2D eigenvalue weighted by Crippen LogP contribution is -2.46. The van der Waals surface area contributed by atoms with E-state index in [2.05, 4.69) is 0 Å². The van der Waals surface area contributed by atoms with Crippen LogP contribution in [-0.2, 0) is 0 Å². The SMILES string of the molecule is O=C(O)c1ccc(C(O)CC23CC4CC(CC(C4)C2)C3)o1. The predicted molar refractivity (Wildman–Crippen MR) is 75.8 cm³/mol. The summed E-state index contributed by atoms with van der Waals surface area (Å²) in [5, 5.41) is 19.4. The molecule has 0 radical (unpaired) electrons. The zero-order valence-corrected chi connectivity index (χ0v) is 12.1. The van der Waals surface area contributed by atoms with E-state index in [1.165, 1.54) is 44.6 Å². The molecule has 5 rings (SSSR count). The number of carboxylic acids is 1. The van der Waals surface area contributed by atoms with Gasteiger partial charge in [0, 0.05) is 0 Å². The average Bonchev–Trinajstić information content (AvgIpc) is 2.85. The number of aromatic carboxylic acids is 1. The number of hydrogen-bond acceptors (Lipinski definition) is 3. The molecule has 4 heteroatoms. The third-order valence-corrected chi connectivity index (χ3v) is 5.96. The zero-order chi connectivity index (χ0) is 14.6. The molecule has 4 saturated carbocycles. The Hall–Kier alpha value is -1.29. The molecule has 4 nitrogen and oxygen atoms in total. The largest absolute Gasteiger partial charge is 0.475 e. The molecule has 0 spiro atoms. The van der Waals surface area contributed by atoms with E-state index in [0.717, 1.165) is 24.2 Å². The van der Waals surface area contributed by atoms with Crippen molar-refractivity contribution in [3.8, 4) is 0 Å². The van der Waals surface area contributed by atoms with Crippen molar-refractivity contribution < 1.29 is 19.4 Å². The number of rotatable bonds is 4. The monoisotopic (exact) mass is 290 g/mol. The molecule has 1 unspecified atom stereocenters. The quantitative estimate of drug-likeness (QED) is 0.888. The molecule has 4 aliphatic carbocycles. The van der Waals surface area contributed by atoms with Gasteiger partial charge in [0.1, 0.15) is 11.9 Å². The third-order valence-electron chi connectivity index (χ3n) is 5.96. The van der Waals surface area contributed by atoms with E-state index in [1.807, 2.05) is 0 Å². The maximum Gasteiger partial charge on any atom is 0.371 e. The van der Waals surface area contributed by atoms with Crippen LogP contribution >= 0.6 is 0 Å². The van der Waals surface area contributed by atoms with Crippen LogP contribution in [0.1, 0.15) is 67.4 Å². The Morgan fingerprint density at radius 2 is 1.76 bits per heavy atom. The molecule has 1 atom stereocenters. The van der Waals surface area contributed by atoms with Gasteiger partial charge in [-0.25, -0.2) is 4.79 Å². The van der Waals surface area contributed by atoms with E-state index in [0.29, 0.717) is 5.76 Å². The van der Waals surface area contributed by atoms with Crippen molar-refractivity contribution in [1.29, 1.82) is 0 Å². The van der Waals surface area contributed by atoms with Crippen molar-refractivity contribution in [2.45, 2.75) is 51.0 Å². The summed E-state index contributed by atoms with van der Waals surface area (Å²) in [4.78, 5) is 10.9. The van der Waals surface area contributed by atoms with Crippen molar-refractivity contribution in [2.24, 2.45) is 23.2 Å². The van der Waals surface area contributed by atoms with Crippen molar-refractivity contribution in [3.63, 3.8) is 0 Å². The van der Waals surface area contributed by atoms with Crippen molar-refractivity contribution >= 4 is 5.97 Å². The van der Waals surface area contributed by atoms with Crippen molar-refractivity contribution in [2.75, 3.05) is 0 Å². The van der Waals surface area contributed by atoms with E-state index >= 15 is 0 Å². The van der Waals surface area contributed by atoms with Crippen LogP contribution in [0.15, 0.2) is 16.5 Å². The summed E-state index contributed by atoms with van der Waals surface area (Å²) in [5.74, 6) is 1.81. The fraction of sp³-hybridized carbons (Fsp3) is 0.706. The molecular weight excluding hydrogens is 268 g/mol. The first-order valence-electron chi connectivity index (χ1n) is 8.04. The highest BCUT2D eigenvalue weighted by atomic mass is 16.4. The zero-order valence-electron chi connectivity index (χ0n) is 12.1. The van der Waals surface area contributed by atoms with Crippen LogP contribution in [0.25, 0.3) is 0 Å². The Kier molecular flexibility index (Phi) is 2.93. The smallest absolute Gasteiger partial charge is 0.371 e. The highest BCUT2D eigenvalue weighted by Gasteiger charge is 2.51. The van der Waals surface area contributed by atoms with E-state index in [-0.39, 0.29) is 11.2 Å². The van der Waals surface area contributed by atoms with Crippen LogP contribution in [-0.4, -0.2) is 16.2 Å². The number of carboxylic acid groups (broad SMARTS) is 1. The van der Waals surface area contributed by atoms with Gasteiger partial charge in [-0.3, -0.25) is 0 Å². The minimum Gasteiger partial charge on any atom is -0.475 e. The predicted octanol–water partition coefficient (Wildman–Crippen LogP) is 3.62. The normalized spacial score (nSPS) is 38.6. The maximum absolute atomic E-state index is 10.9. The summed E-state index contributed by atoms with van der Waals surface area (Å²) >= 11 is 0. The fourth-order valence-corrected chi connectivity index (χ4v) is 5.70. The second-order valence-electron chi connectivity index (χ2n) is 7.64. The van der Waals surface area contributed by atoms with Crippen LogP contribution in [0.5, 0.6) is 0 Å². The first-order chi connectivity index (χ1) is 10.0. The second-order valence-corrected chi connectivity index (χ2v) is 7.64. The number of carbonyl (C=O) groups is 1. The highest BCUT2D eigenvalue weighted by molar-refractivity contribution is 5.84. The van der Waals surface area contributed by atoms with Gasteiger partial charge in [0.05, 0.1) is 0 Å². The molecule has 0 saturated heterocycles. The molecule has 1 heterocycles. The van der Waals surface area contributed by atoms with E-state index in [1.54, 1.807) is 6.07 Å². The number of aliphatic hydroxyl groups is 1. The van der Waals surface area contributed by atoms with Gasteiger partial charge in [0.25, 0.3) is 0 Å². The van der Waals surface area contributed by atoms with E-state index in [9.17, 15) is 9.90 Å². The van der Waals surface area contributed by atoms with E-state index in [4.69, 9.17) is 9.52 Å². The Morgan fingerprint density at radius 1 is 1.19 bits per heavy atom. The Morgan fingerprint density at radius 3 is 2.24 bits per heavy atom. The first-order valence-corrected chi connectivity index (χ1v) is 8.04. The number of aliphatic hydroxyl groups excluding tert-OH is 1. The molecule has 21 heavy (non-hydrogen) atoms. The summed E-state index contributed by atoms with van der Waals surface area (Å²) in [6, 6.07) is 3.04. The highest BCUT2D eigenvalue weighted by Crippen LogP contribution is 2.62. The number of hydrogen-bond donors (Lipinski definition) is 2. The minimum absolute atomic E-state index is 0.0884. The summed E-state index contributed by atoms with van der Waals surface area (Å²) in [6.45, 7) is 0. The fourth-order valence-electron chi connectivity index (χ4n) is 5.70. The Labute approximate surface area is 124 Å². The van der Waals surface area contributed by atoms with Crippen LogP contribution in [0, 0.1) is 23.2 Å². The molecule has 4 fully saturated rings. The van der Waals surface area contributed by atoms with Gasteiger partial charge in [-0.05, 0) is 80.2 Å². The minimum atomic E-state index is -1.08. The molecule has 0 aliphatic heterocycles. The van der Waals surface area contributed by atoms with Gasteiger partial charge in [-0.15, -0.1) is 0 Å². The average molecular weight is 290 g/mol. The second kappa shape index (κ2) is 4.60. The molecule has 4 aliphatic rings. The van der Waals surface area contributed by atoms with Gasteiger partial charge in [-0.1, -0.05) is 0 Å². The van der Waals surface area contributed by atoms with Crippen molar-refractivity contribution in [3.05, 3.63) is 23.7 Å². The third kappa shape index (κ3) is 2.30. The molecule has 114 valence electrons. The van der Waals surface area contributed by atoms with Gasteiger partial charge in [0.15, 0.2) is 0 Å². The summed E-state index contributed by atoms with van der Waals surface area (Å²) in [5.41, 5.74) is 0.268. The standard InChI is InChI=1S/C17H22O4/c18-13(14-1-2-15(21-14)16(19)20)9-17-6-10-3-11(7-17)5-12(4-10)8-17/h1-2,10-13,18H,3-9H2,(H,19,20). The lowest BCUT2D eigenvalue weighted by atomic mass is 9.48. The molecule has 0 amide bonds. The molecular formula is C17H22O4.